The molecule has 1 aromatic carbocycles. The first kappa shape index (κ1) is 12.7. The molecular weight excluding hydrogens is 269 g/mol. The van der Waals surface area contributed by atoms with E-state index in [1.807, 2.05) is 0 Å². The van der Waals surface area contributed by atoms with E-state index in [1.165, 1.54) is 0 Å². The molecule has 3 N–H and O–H groups in total. The van der Waals surface area contributed by atoms with Crippen molar-refractivity contribution in [3.8, 4) is 5.75 Å². The highest BCUT2D eigenvalue weighted by Gasteiger charge is 2.20. The third kappa shape index (κ3) is 1.94. The summed E-state index contributed by atoms with van der Waals surface area (Å²) in [6.07, 6.45) is -1.15. The lowest BCUT2D eigenvalue weighted by Gasteiger charge is -2.09. The van der Waals surface area contributed by atoms with Crippen LogP contribution in [0, 0.1) is 17.5 Å². The van der Waals surface area contributed by atoms with E-state index < -0.39 is 45.7 Å². The van der Waals surface area contributed by atoms with Crippen molar-refractivity contribution in [2.24, 2.45) is 0 Å². The standard InChI is InChI=1S/C10H5F3N2O4/c11-4-1-3-8(7(13)6(4)12)15(14)2-5(9(3)16)19-10(17)18/h1-2H,14H2,(H,17,18). The number of nitrogens with two attached hydrogens (primary N) is 1. The molecule has 0 aliphatic carbocycles. The van der Waals surface area contributed by atoms with Crippen LogP contribution in [-0.4, -0.2) is 15.9 Å². The number of ether oxygens (including phenoxy) is 1. The van der Waals surface area contributed by atoms with Crippen LogP contribution in [0.15, 0.2) is 17.1 Å². The van der Waals surface area contributed by atoms with Crippen LogP contribution in [-0.2, 0) is 0 Å². The minimum atomic E-state index is -1.81. The summed E-state index contributed by atoms with van der Waals surface area (Å²) in [5, 5.41) is 7.75. The smallest absolute Gasteiger partial charge is 0.449 e. The lowest BCUT2D eigenvalue weighted by atomic mass is 10.2. The summed E-state index contributed by atoms with van der Waals surface area (Å²) in [6.45, 7) is 0. The molecule has 0 saturated heterocycles. The fourth-order valence-electron chi connectivity index (χ4n) is 1.56. The van der Waals surface area contributed by atoms with Crippen molar-refractivity contribution in [3.05, 3.63) is 39.9 Å². The number of hydrogen-bond acceptors (Lipinski definition) is 4. The lowest BCUT2D eigenvalue weighted by Crippen LogP contribution is -2.21. The molecule has 0 spiro atoms. The molecule has 0 unspecified atom stereocenters. The van der Waals surface area contributed by atoms with E-state index in [1.54, 1.807) is 0 Å². The second-order valence-corrected chi connectivity index (χ2v) is 3.48. The lowest BCUT2D eigenvalue weighted by molar-refractivity contribution is 0.144. The Morgan fingerprint density at radius 3 is 2.53 bits per heavy atom. The van der Waals surface area contributed by atoms with Crippen LogP contribution in [0.5, 0.6) is 5.75 Å². The van der Waals surface area contributed by atoms with Gasteiger partial charge in [-0.05, 0) is 6.07 Å². The minimum Gasteiger partial charge on any atom is -0.449 e. The van der Waals surface area contributed by atoms with Crippen LogP contribution in [0.3, 0.4) is 0 Å². The Morgan fingerprint density at radius 1 is 1.32 bits per heavy atom. The van der Waals surface area contributed by atoms with Gasteiger partial charge in [-0.2, -0.15) is 0 Å². The van der Waals surface area contributed by atoms with Crippen LogP contribution in [0.2, 0.25) is 0 Å². The molecule has 0 amide bonds. The molecule has 0 radical (unpaired) electrons. The van der Waals surface area contributed by atoms with E-state index in [-0.39, 0.29) is 0 Å². The van der Waals surface area contributed by atoms with E-state index in [4.69, 9.17) is 10.9 Å². The van der Waals surface area contributed by atoms with Crippen LogP contribution in [0.4, 0.5) is 18.0 Å². The Balaban J connectivity index is 2.90. The van der Waals surface area contributed by atoms with E-state index in [2.05, 4.69) is 4.74 Å². The Hall–Kier alpha value is -2.71. The number of benzene rings is 1. The number of hydrogen-bond donors (Lipinski definition) is 2. The third-order valence-electron chi connectivity index (χ3n) is 2.32. The molecule has 9 heteroatoms. The molecule has 0 saturated carbocycles. The Kier molecular flexibility index (Phi) is 2.81. The summed E-state index contributed by atoms with van der Waals surface area (Å²) in [7, 11) is 0. The molecule has 6 nitrogen and oxygen atoms in total. The van der Waals surface area contributed by atoms with Gasteiger partial charge in [0.05, 0.1) is 11.6 Å². The average molecular weight is 274 g/mol. The summed E-state index contributed by atoms with van der Waals surface area (Å²) < 4.78 is 44.1. The van der Waals surface area contributed by atoms with Crippen molar-refractivity contribution < 1.29 is 27.8 Å². The number of nitrogens with zero attached hydrogens (tertiary/aromatic N) is 1. The second kappa shape index (κ2) is 4.19. The maximum atomic E-state index is 13.5. The number of pyridine rings is 1. The van der Waals surface area contributed by atoms with Crippen molar-refractivity contribution in [2.45, 2.75) is 0 Å². The fraction of sp³-hybridized carbons (Fsp3) is 0. The topological polar surface area (TPSA) is 94.6 Å². The van der Waals surface area contributed by atoms with Gasteiger partial charge in [0.25, 0.3) is 0 Å². The summed E-state index contributed by atoms with van der Waals surface area (Å²) in [4.78, 5) is 22.1. The van der Waals surface area contributed by atoms with E-state index in [9.17, 15) is 22.8 Å². The van der Waals surface area contributed by atoms with E-state index in [0.29, 0.717) is 16.9 Å². The number of aromatic nitrogens is 1. The zero-order chi connectivity index (χ0) is 14.3. The molecule has 0 fully saturated rings. The zero-order valence-corrected chi connectivity index (χ0v) is 8.99. The van der Waals surface area contributed by atoms with Gasteiger partial charge in [-0.1, -0.05) is 0 Å². The van der Waals surface area contributed by atoms with Gasteiger partial charge in [0, 0.05) is 0 Å². The highest BCUT2D eigenvalue weighted by Crippen LogP contribution is 2.21. The molecule has 0 bridgehead atoms. The number of halogens is 3. The summed E-state index contributed by atoms with van der Waals surface area (Å²) >= 11 is 0. The zero-order valence-electron chi connectivity index (χ0n) is 8.99. The second-order valence-electron chi connectivity index (χ2n) is 3.48. The molecular formula is C10H5F3N2O4. The van der Waals surface area contributed by atoms with E-state index >= 15 is 0 Å². The molecule has 2 rings (SSSR count). The molecule has 0 atom stereocenters. The molecule has 1 aromatic heterocycles. The van der Waals surface area contributed by atoms with Gasteiger partial charge >= 0.3 is 6.16 Å². The molecule has 0 aliphatic heterocycles. The maximum absolute atomic E-state index is 13.5. The molecule has 2 aromatic rings. The van der Waals surface area contributed by atoms with Gasteiger partial charge in [0.2, 0.25) is 11.2 Å². The van der Waals surface area contributed by atoms with Crippen molar-refractivity contribution in [1.29, 1.82) is 0 Å². The number of rotatable bonds is 1. The van der Waals surface area contributed by atoms with Gasteiger partial charge in [0.1, 0.15) is 5.52 Å². The first-order valence-electron chi connectivity index (χ1n) is 4.71. The van der Waals surface area contributed by atoms with Gasteiger partial charge < -0.3 is 15.7 Å². The van der Waals surface area contributed by atoms with Crippen molar-refractivity contribution in [2.75, 3.05) is 5.84 Å². The molecule has 1 heterocycles. The largest absolute Gasteiger partial charge is 0.511 e. The Morgan fingerprint density at radius 2 is 1.95 bits per heavy atom. The average Bonchev–Trinajstić information content (AvgIpc) is 2.31. The third-order valence-corrected chi connectivity index (χ3v) is 2.32. The predicted octanol–water partition coefficient (Wildman–Crippen LogP) is 1.19. The van der Waals surface area contributed by atoms with E-state index in [0.717, 1.165) is 0 Å². The Labute approximate surface area is 102 Å². The van der Waals surface area contributed by atoms with Gasteiger partial charge in [0.15, 0.2) is 17.5 Å². The number of fused-ring (bicyclic) bond motifs is 1. The van der Waals surface area contributed by atoms with Crippen molar-refractivity contribution >= 4 is 17.1 Å². The molecule has 0 aliphatic rings. The summed E-state index contributed by atoms with van der Waals surface area (Å²) in [5.74, 6) is -0.511. The van der Waals surface area contributed by atoms with Crippen LogP contribution >= 0.6 is 0 Å². The highest BCUT2D eigenvalue weighted by molar-refractivity contribution is 5.81. The quantitative estimate of drug-likeness (QED) is 0.462. The van der Waals surface area contributed by atoms with Crippen molar-refractivity contribution in [1.82, 2.24) is 4.68 Å². The van der Waals surface area contributed by atoms with Crippen molar-refractivity contribution in [3.63, 3.8) is 0 Å². The van der Waals surface area contributed by atoms with Crippen LogP contribution in [0.1, 0.15) is 0 Å². The predicted molar refractivity (Wildman–Crippen MR) is 56.9 cm³/mol. The monoisotopic (exact) mass is 274 g/mol. The van der Waals surface area contributed by atoms with Gasteiger partial charge in [-0.3, -0.25) is 9.47 Å². The molecule has 100 valence electrons. The fourth-order valence-corrected chi connectivity index (χ4v) is 1.56. The SMILES string of the molecule is Nn1cc(OC(=O)O)c(=O)c2cc(F)c(F)c(F)c21. The number of carbonyl (C=O) groups is 1. The van der Waals surface area contributed by atoms with Gasteiger partial charge in [-0.15, -0.1) is 0 Å². The summed E-state index contributed by atoms with van der Waals surface area (Å²) in [5.41, 5.74) is -1.83. The van der Waals surface area contributed by atoms with Crippen LogP contribution in [0.25, 0.3) is 10.9 Å². The van der Waals surface area contributed by atoms with Gasteiger partial charge in [-0.25, -0.2) is 18.0 Å². The Bertz CT molecular complexity index is 757. The highest BCUT2D eigenvalue weighted by atomic mass is 19.2. The molecule has 19 heavy (non-hydrogen) atoms. The first-order chi connectivity index (χ1) is 8.82. The van der Waals surface area contributed by atoms with Crippen LogP contribution < -0.4 is 16.0 Å². The first-order valence-corrected chi connectivity index (χ1v) is 4.71. The number of nitrogen functional groups attached to an aromatic ring is 1. The summed E-state index contributed by atoms with van der Waals surface area (Å²) in [6, 6.07) is 0.411. The maximum Gasteiger partial charge on any atom is 0.511 e. The number of carboxylic acid groups (broad SMARTS) is 1. The minimum absolute atomic E-state index is 0.411. The normalized spacial score (nSPS) is 10.7.